The third-order valence-electron chi connectivity index (χ3n) is 4.28. The second-order valence-corrected chi connectivity index (χ2v) is 6.11. The predicted molar refractivity (Wildman–Crippen MR) is 85.2 cm³/mol. The van der Waals surface area contributed by atoms with Crippen LogP contribution < -0.4 is 0 Å². The van der Waals surface area contributed by atoms with Gasteiger partial charge in [0, 0.05) is 14.1 Å². The molecule has 0 radical (unpaired) electrons. The number of fused-ring (bicyclic) bond motifs is 1. The van der Waals surface area contributed by atoms with Crippen molar-refractivity contribution in [3.8, 4) is 0 Å². The largest absolute Gasteiger partial charge is 0.391 e. The topological polar surface area (TPSA) is 79.4 Å². The van der Waals surface area contributed by atoms with Gasteiger partial charge in [0.2, 0.25) is 0 Å². The van der Waals surface area contributed by atoms with Crippen molar-refractivity contribution in [2.75, 3.05) is 14.1 Å². The van der Waals surface area contributed by atoms with E-state index in [1.54, 1.807) is 12.7 Å². The summed E-state index contributed by atoms with van der Waals surface area (Å²) in [6, 6.07) is 0.0375. The van der Waals surface area contributed by atoms with Crippen LogP contribution in [0.4, 0.5) is 5.82 Å². The van der Waals surface area contributed by atoms with E-state index in [0.717, 1.165) is 24.9 Å². The van der Waals surface area contributed by atoms with E-state index in [4.69, 9.17) is 0 Å². The van der Waals surface area contributed by atoms with E-state index in [9.17, 15) is 5.11 Å². The number of aromatic nitrogens is 4. The number of aliphatic hydroxyl groups excluding tert-OH is 1. The molecule has 1 aliphatic carbocycles. The van der Waals surface area contributed by atoms with Crippen LogP contribution in [0.25, 0.3) is 11.2 Å². The Balaban J connectivity index is 1.98. The van der Waals surface area contributed by atoms with Gasteiger partial charge in [0.1, 0.15) is 6.33 Å². The number of nitrogens with zero attached hydrogens (tertiary/aromatic N) is 6. The van der Waals surface area contributed by atoms with Gasteiger partial charge in [-0.15, -0.1) is 0 Å². The van der Waals surface area contributed by atoms with E-state index in [2.05, 4.69) is 26.9 Å². The number of imidazole rings is 1. The molecule has 2 aromatic heterocycles. The van der Waals surface area contributed by atoms with Crippen molar-refractivity contribution < 1.29 is 5.11 Å². The zero-order chi connectivity index (χ0) is 15.7. The monoisotopic (exact) mass is 302 g/mol. The van der Waals surface area contributed by atoms with Gasteiger partial charge in [-0.2, -0.15) is 0 Å². The van der Waals surface area contributed by atoms with E-state index < -0.39 is 0 Å². The van der Waals surface area contributed by atoms with Crippen molar-refractivity contribution in [1.29, 1.82) is 0 Å². The average Bonchev–Trinajstić information content (AvgIpc) is 3.08. The zero-order valence-corrected chi connectivity index (χ0v) is 13.2. The maximum Gasteiger partial charge on any atom is 0.184 e. The molecule has 7 nitrogen and oxygen atoms in total. The third kappa shape index (κ3) is 2.68. The minimum atomic E-state index is -0.342. The average molecular weight is 302 g/mol. The molecule has 0 amide bonds. The summed E-state index contributed by atoms with van der Waals surface area (Å²) >= 11 is 0. The molecule has 2 aromatic rings. The van der Waals surface area contributed by atoms with Gasteiger partial charge < -0.3 is 14.6 Å². The Kier molecular flexibility index (Phi) is 4.06. The van der Waals surface area contributed by atoms with E-state index in [0.29, 0.717) is 17.3 Å². The van der Waals surface area contributed by atoms with Crippen LogP contribution in [0.5, 0.6) is 0 Å². The number of hydrogen-bond donors (Lipinski definition) is 1. The lowest BCUT2D eigenvalue weighted by atomic mass is 10.1. The lowest BCUT2D eigenvalue weighted by Gasteiger charge is -2.16. The fourth-order valence-corrected chi connectivity index (χ4v) is 3.07. The van der Waals surface area contributed by atoms with Crippen molar-refractivity contribution in [3.63, 3.8) is 0 Å². The minimum Gasteiger partial charge on any atom is -0.391 e. The Morgan fingerprint density at radius 3 is 2.86 bits per heavy atom. The molecule has 3 rings (SSSR count). The summed E-state index contributed by atoms with van der Waals surface area (Å²) in [5.41, 5.74) is 1.41. The zero-order valence-electron chi connectivity index (χ0n) is 13.2. The molecule has 0 aliphatic heterocycles. The van der Waals surface area contributed by atoms with Crippen LogP contribution in [0.15, 0.2) is 17.6 Å². The predicted octanol–water partition coefficient (Wildman–Crippen LogP) is 1.77. The summed E-state index contributed by atoms with van der Waals surface area (Å²) in [6.45, 7) is 2.17. The summed E-state index contributed by atoms with van der Waals surface area (Å²) < 4.78 is 1.98. The SMILES string of the molecule is CC[C@@H]1CC(O)[C@H](n2cnc3c(N=CN(C)C)ncnc32)C1. The van der Waals surface area contributed by atoms with E-state index in [1.165, 1.54) is 6.33 Å². The lowest BCUT2D eigenvalue weighted by molar-refractivity contribution is 0.136. The molecule has 7 heteroatoms. The van der Waals surface area contributed by atoms with Crippen molar-refractivity contribution in [3.05, 3.63) is 12.7 Å². The second-order valence-electron chi connectivity index (χ2n) is 6.11. The second kappa shape index (κ2) is 6.00. The number of hydrogen-bond acceptors (Lipinski definition) is 5. The van der Waals surface area contributed by atoms with Crippen LogP contribution >= 0.6 is 0 Å². The maximum atomic E-state index is 10.3. The molecule has 0 aromatic carbocycles. The van der Waals surface area contributed by atoms with Gasteiger partial charge in [0.05, 0.1) is 24.8 Å². The van der Waals surface area contributed by atoms with E-state index in [-0.39, 0.29) is 12.1 Å². The number of aliphatic imine (C=N–C) groups is 1. The minimum absolute atomic E-state index is 0.0375. The molecule has 0 bridgehead atoms. The first-order chi connectivity index (χ1) is 10.6. The van der Waals surface area contributed by atoms with Gasteiger partial charge in [-0.05, 0) is 18.8 Å². The van der Waals surface area contributed by atoms with Gasteiger partial charge >= 0.3 is 0 Å². The van der Waals surface area contributed by atoms with Crippen molar-refractivity contribution in [2.24, 2.45) is 10.9 Å². The Hall–Kier alpha value is -2.02. The van der Waals surface area contributed by atoms with Crippen LogP contribution in [-0.2, 0) is 0 Å². The molecule has 118 valence electrons. The molecule has 1 aliphatic rings. The molecular formula is C15H22N6O. The summed E-state index contributed by atoms with van der Waals surface area (Å²) in [5.74, 6) is 1.11. The van der Waals surface area contributed by atoms with E-state index >= 15 is 0 Å². The fraction of sp³-hybridized carbons (Fsp3) is 0.600. The summed E-state index contributed by atoms with van der Waals surface area (Å²) in [7, 11) is 3.81. The van der Waals surface area contributed by atoms with Crippen molar-refractivity contribution in [1.82, 2.24) is 24.4 Å². The quantitative estimate of drug-likeness (QED) is 0.688. The van der Waals surface area contributed by atoms with Crippen molar-refractivity contribution in [2.45, 2.75) is 38.3 Å². The maximum absolute atomic E-state index is 10.3. The summed E-state index contributed by atoms with van der Waals surface area (Å²) in [5, 5.41) is 10.3. The fourth-order valence-electron chi connectivity index (χ4n) is 3.07. The molecule has 0 saturated heterocycles. The van der Waals surface area contributed by atoms with E-state index in [1.807, 2.05) is 23.6 Å². The Bertz CT molecular complexity index is 680. The highest BCUT2D eigenvalue weighted by molar-refractivity contribution is 5.82. The summed E-state index contributed by atoms with van der Waals surface area (Å²) in [4.78, 5) is 19.1. The number of rotatable bonds is 4. The number of aliphatic hydroxyl groups is 1. The molecule has 1 saturated carbocycles. The van der Waals surface area contributed by atoms with Gasteiger partial charge in [-0.3, -0.25) is 0 Å². The first kappa shape index (κ1) is 14.9. The molecule has 0 spiro atoms. The van der Waals surface area contributed by atoms with Gasteiger partial charge in [-0.1, -0.05) is 13.3 Å². The smallest absolute Gasteiger partial charge is 0.184 e. The Morgan fingerprint density at radius 2 is 2.18 bits per heavy atom. The molecular weight excluding hydrogens is 280 g/mol. The van der Waals surface area contributed by atoms with Crippen LogP contribution in [0.2, 0.25) is 0 Å². The standard InChI is InChI=1S/C15H22N6O/c1-4-10-5-11(12(22)6-10)21-9-18-13-14(19-8-20(2)3)16-7-17-15(13)21/h7-12,22H,4-6H2,1-3H3/t10-,11+,12?/m0/s1. The first-order valence-corrected chi connectivity index (χ1v) is 7.66. The Labute approximate surface area is 129 Å². The highest BCUT2D eigenvalue weighted by Gasteiger charge is 2.34. The van der Waals surface area contributed by atoms with Crippen LogP contribution in [0, 0.1) is 5.92 Å². The highest BCUT2D eigenvalue weighted by atomic mass is 16.3. The normalized spacial score (nSPS) is 25.4. The molecule has 22 heavy (non-hydrogen) atoms. The molecule has 1 unspecified atom stereocenters. The molecule has 1 N–H and O–H groups in total. The van der Waals surface area contributed by atoms with Crippen molar-refractivity contribution >= 4 is 23.3 Å². The first-order valence-electron chi connectivity index (χ1n) is 7.66. The van der Waals surface area contributed by atoms with Gasteiger partial charge in [-0.25, -0.2) is 19.9 Å². The molecule has 1 fully saturated rings. The highest BCUT2D eigenvalue weighted by Crippen LogP contribution is 2.38. The van der Waals surface area contributed by atoms with Crippen LogP contribution in [0.3, 0.4) is 0 Å². The van der Waals surface area contributed by atoms with Gasteiger partial charge in [0.15, 0.2) is 17.0 Å². The van der Waals surface area contributed by atoms with Crippen LogP contribution in [-0.4, -0.2) is 56.1 Å². The Morgan fingerprint density at radius 1 is 1.36 bits per heavy atom. The van der Waals surface area contributed by atoms with Gasteiger partial charge in [0.25, 0.3) is 0 Å². The molecule has 3 atom stereocenters. The van der Waals surface area contributed by atoms with Crippen LogP contribution in [0.1, 0.15) is 32.2 Å². The lowest BCUT2D eigenvalue weighted by Crippen LogP contribution is -2.17. The third-order valence-corrected chi connectivity index (χ3v) is 4.28. The summed E-state index contributed by atoms with van der Waals surface area (Å²) in [6.07, 6.45) is 7.50. The molecule has 2 heterocycles.